The normalized spacial score (nSPS) is 13.7. The minimum Gasteiger partial charge on any atom is -0.495 e. The zero-order chi connectivity index (χ0) is 23.0. The molecular formula is C26H23FN2O3. The second kappa shape index (κ2) is 8.30. The molecule has 3 aromatic carbocycles. The van der Waals surface area contributed by atoms with E-state index in [-0.39, 0.29) is 11.3 Å². The van der Waals surface area contributed by atoms with Crippen molar-refractivity contribution in [2.75, 3.05) is 17.3 Å². The van der Waals surface area contributed by atoms with Crippen molar-refractivity contribution >= 4 is 28.8 Å². The number of anilines is 2. The molecule has 5 nitrogen and oxygen atoms in total. The number of halogens is 1. The van der Waals surface area contributed by atoms with Crippen LogP contribution in [0.1, 0.15) is 22.3 Å². The Morgan fingerprint density at radius 3 is 2.31 bits per heavy atom. The highest BCUT2D eigenvalue weighted by Gasteiger charge is 2.41. The van der Waals surface area contributed by atoms with Crippen molar-refractivity contribution in [2.45, 2.75) is 20.8 Å². The summed E-state index contributed by atoms with van der Waals surface area (Å²) in [4.78, 5) is 28.3. The molecule has 32 heavy (non-hydrogen) atoms. The van der Waals surface area contributed by atoms with Gasteiger partial charge in [0.2, 0.25) is 0 Å². The summed E-state index contributed by atoms with van der Waals surface area (Å²) in [5.41, 5.74) is 4.74. The highest BCUT2D eigenvalue weighted by Crippen LogP contribution is 2.38. The molecule has 6 heteroatoms. The van der Waals surface area contributed by atoms with Gasteiger partial charge in [-0.3, -0.25) is 9.59 Å². The van der Waals surface area contributed by atoms with Gasteiger partial charge < -0.3 is 10.1 Å². The lowest BCUT2D eigenvalue weighted by Gasteiger charge is -2.19. The molecule has 162 valence electrons. The van der Waals surface area contributed by atoms with Crippen LogP contribution >= 0.6 is 0 Å². The number of nitrogens with one attached hydrogen (secondary N) is 1. The van der Waals surface area contributed by atoms with Crippen molar-refractivity contribution in [1.29, 1.82) is 0 Å². The molecule has 0 radical (unpaired) electrons. The number of nitrogens with zero attached hydrogens (tertiary/aromatic N) is 1. The van der Waals surface area contributed by atoms with Gasteiger partial charge in [-0.15, -0.1) is 0 Å². The third-order valence-corrected chi connectivity index (χ3v) is 5.66. The molecule has 0 atom stereocenters. The predicted molar refractivity (Wildman–Crippen MR) is 123 cm³/mol. The van der Waals surface area contributed by atoms with Crippen molar-refractivity contribution in [3.05, 3.63) is 94.4 Å². The van der Waals surface area contributed by atoms with E-state index in [0.29, 0.717) is 17.0 Å². The first-order valence-electron chi connectivity index (χ1n) is 10.2. The molecule has 2 amide bonds. The number of carbonyl (C=O) groups is 2. The van der Waals surface area contributed by atoms with E-state index in [2.05, 4.69) is 5.32 Å². The van der Waals surface area contributed by atoms with E-state index in [1.54, 1.807) is 12.1 Å². The molecule has 1 aliphatic rings. The second-order valence-electron chi connectivity index (χ2n) is 7.75. The number of aryl methyl sites for hydroxylation is 2. The van der Waals surface area contributed by atoms with E-state index >= 15 is 0 Å². The lowest BCUT2D eigenvalue weighted by Crippen LogP contribution is -2.32. The van der Waals surface area contributed by atoms with Crippen LogP contribution in [0.5, 0.6) is 5.75 Å². The fraction of sp³-hybridized carbons (Fsp3) is 0.154. The molecule has 1 aliphatic heterocycles. The van der Waals surface area contributed by atoms with Crippen LogP contribution in [0.25, 0.3) is 5.57 Å². The summed E-state index contributed by atoms with van der Waals surface area (Å²) in [6, 6.07) is 16.5. The van der Waals surface area contributed by atoms with Crippen molar-refractivity contribution in [3.63, 3.8) is 0 Å². The molecule has 4 rings (SSSR count). The Morgan fingerprint density at radius 2 is 1.62 bits per heavy atom. The Hall–Kier alpha value is -3.93. The summed E-state index contributed by atoms with van der Waals surface area (Å²) in [7, 11) is 1.49. The van der Waals surface area contributed by atoms with Gasteiger partial charge in [0.15, 0.2) is 0 Å². The Balaban J connectivity index is 1.88. The lowest BCUT2D eigenvalue weighted by atomic mass is 10.0. The average molecular weight is 430 g/mol. The van der Waals surface area contributed by atoms with Crippen LogP contribution in [0.15, 0.2) is 66.4 Å². The Labute approximate surface area is 186 Å². The maximum atomic E-state index is 13.6. The Bertz CT molecular complexity index is 1260. The first-order chi connectivity index (χ1) is 15.3. The van der Waals surface area contributed by atoms with E-state index in [1.807, 2.05) is 45.0 Å². The number of ether oxygens (including phenoxy) is 1. The fourth-order valence-corrected chi connectivity index (χ4v) is 3.74. The molecule has 0 saturated heterocycles. The monoisotopic (exact) mass is 430 g/mol. The third kappa shape index (κ3) is 3.64. The largest absolute Gasteiger partial charge is 0.495 e. The summed E-state index contributed by atoms with van der Waals surface area (Å²) in [6.45, 7) is 5.79. The molecule has 0 bridgehead atoms. The zero-order valence-electron chi connectivity index (χ0n) is 18.3. The number of hydrogen-bond donors (Lipinski definition) is 1. The zero-order valence-corrected chi connectivity index (χ0v) is 18.3. The summed E-state index contributed by atoms with van der Waals surface area (Å²) >= 11 is 0. The second-order valence-corrected chi connectivity index (χ2v) is 7.75. The van der Waals surface area contributed by atoms with Crippen molar-refractivity contribution in [2.24, 2.45) is 0 Å². The maximum absolute atomic E-state index is 13.6. The van der Waals surface area contributed by atoms with Gasteiger partial charge in [0.1, 0.15) is 17.3 Å². The molecule has 0 aliphatic carbocycles. The van der Waals surface area contributed by atoms with E-state index in [4.69, 9.17) is 4.74 Å². The lowest BCUT2D eigenvalue weighted by molar-refractivity contribution is -0.120. The topological polar surface area (TPSA) is 58.6 Å². The van der Waals surface area contributed by atoms with E-state index in [1.165, 1.54) is 31.4 Å². The summed E-state index contributed by atoms with van der Waals surface area (Å²) in [5, 5.41) is 3.18. The standard InChI is InChI=1S/C26H23FN2O3/c1-15-8-13-22(32-4)21(14-15)29-25(30)23(18-9-11-19(27)12-10-18)24(26(29)31)28-20-7-5-6-16(2)17(20)3/h5-14,28H,1-4H3. The molecule has 0 unspecified atom stereocenters. The van der Waals surface area contributed by atoms with Crippen LogP contribution in [0, 0.1) is 26.6 Å². The van der Waals surface area contributed by atoms with Crippen molar-refractivity contribution in [1.82, 2.24) is 0 Å². The summed E-state index contributed by atoms with van der Waals surface area (Å²) in [6.07, 6.45) is 0. The highest BCUT2D eigenvalue weighted by atomic mass is 19.1. The van der Waals surface area contributed by atoms with Gasteiger partial charge >= 0.3 is 0 Å². The van der Waals surface area contributed by atoms with Crippen LogP contribution in [0.3, 0.4) is 0 Å². The smallest absolute Gasteiger partial charge is 0.282 e. The number of hydrogen-bond acceptors (Lipinski definition) is 4. The first-order valence-corrected chi connectivity index (χ1v) is 10.2. The van der Waals surface area contributed by atoms with E-state index in [9.17, 15) is 14.0 Å². The predicted octanol–water partition coefficient (Wildman–Crippen LogP) is 5.16. The van der Waals surface area contributed by atoms with Crippen LogP contribution < -0.4 is 15.0 Å². The van der Waals surface area contributed by atoms with Crippen LogP contribution in [-0.2, 0) is 9.59 Å². The van der Waals surface area contributed by atoms with Crippen LogP contribution in [0.4, 0.5) is 15.8 Å². The van der Waals surface area contributed by atoms with Crippen LogP contribution in [-0.4, -0.2) is 18.9 Å². The fourth-order valence-electron chi connectivity index (χ4n) is 3.74. The van der Waals surface area contributed by atoms with Crippen molar-refractivity contribution in [3.8, 4) is 5.75 Å². The number of carbonyl (C=O) groups excluding carboxylic acids is 2. The molecule has 0 spiro atoms. The van der Waals surface area contributed by atoms with E-state index in [0.717, 1.165) is 27.3 Å². The molecular weight excluding hydrogens is 407 g/mol. The molecule has 0 saturated carbocycles. The maximum Gasteiger partial charge on any atom is 0.282 e. The molecule has 1 N–H and O–H groups in total. The van der Waals surface area contributed by atoms with Gasteiger partial charge in [-0.1, -0.05) is 30.3 Å². The number of rotatable bonds is 5. The van der Waals surface area contributed by atoms with Gasteiger partial charge in [0.05, 0.1) is 18.4 Å². The number of imide groups is 1. The first kappa shape index (κ1) is 21.3. The Kier molecular flexibility index (Phi) is 5.53. The van der Waals surface area contributed by atoms with Crippen molar-refractivity contribution < 1.29 is 18.7 Å². The minimum atomic E-state index is -0.502. The molecule has 0 aromatic heterocycles. The third-order valence-electron chi connectivity index (χ3n) is 5.66. The highest BCUT2D eigenvalue weighted by molar-refractivity contribution is 6.46. The molecule has 3 aromatic rings. The SMILES string of the molecule is COc1ccc(C)cc1N1C(=O)C(Nc2cccc(C)c2C)=C(c2ccc(F)cc2)C1=O. The van der Waals surface area contributed by atoms with Gasteiger partial charge in [0, 0.05) is 5.69 Å². The number of methoxy groups -OCH3 is 1. The van der Waals surface area contributed by atoms with E-state index < -0.39 is 17.6 Å². The van der Waals surface area contributed by atoms with Gasteiger partial charge in [-0.25, -0.2) is 9.29 Å². The minimum absolute atomic E-state index is 0.138. The van der Waals surface area contributed by atoms with Gasteiger partial charge in [-0.05, 0) is 73.4 Å². The van der Waals surface area contributed by atoms with Gasteiger partial charge in [-0.2, -0.15) is 0 Å². The Morgan fingerprint density at radius 1 is 0.906 bits per heavy atom. The average Bonchev–Trinajstić information content (AvgIpc) is 3.01. The molecule has 0 fully saturated rings. The van der Waals surface area contributed by atoms with Gasteiger partial charge in [0.25, 0.3) is 11.8 Å². The number of amides is 2. The summed E-state index contributed by atoms with van der Waals surface area (Å²) < 4.78 is 19.0. The number of benzene rings is 3. The quantitative estimate of drug-likeness (QED) is 0.569. The molecule has 1 heterocycles. The van der Waals surface area contributed by atoms with Crippen LogP contribution in [0.2, 0.25) is 0 Å². The summed E-state index contributed by atoms with van der Waals surface area (Å²) in [5.74, 6) is -1.02.